The summed E-state index contributed by atoms with van der Waals surface area (Å²) >= 11 is 0. The van der Waals surface area contributed by atoms with Crippen LogP contribution in [0.25, 0.3) is 143 Å². The average Bonchev–Trinajstić information content (AvgIpc) is 3.78. The topological polar surface area (TPSA) is 51.8 Å². The quantitative estimate of drug-likeness (QED) is 0.162. The summed E-state index contributed by atoms with van der Waals surface area (Å²) in [5, 5.41) is 16.4. The molecule has 12 aromatic carbocycles. The van der Waals surface area contributed by atoms with Gasteiger partial charge < -0.3 is 4.42 Å². The first-order valence-electron chi connectivity index (χ1n) is 22.7. The Balaban J connectivity index is 0.908. The monoisotopic (exact) mass is 851 g/mol. The maximum Gasteiger partial charge on any atom is 0.164 e. The molecule has 4 nitrogen and oxygen atoms in total. The van der Waals surface area contributed by atoms with Gasteiger partial charge in [0.1, 0.15) is 11.2 Å². The highest BCUT2D eigenvalue weighted by atomic mass is 16.3. The fourth-order valence-corrected chi connectivity index (χ4v) is 10.3. The van der Waals surface area contributed by atoms with Gasteiger partial charge in [0.15, 0.2) is 17.5 Å². The molecule has 14 aromatic rings. The molecule has 0 N–H and O–H groups in total. The lowest BCUT2D eigenvalue weighted by molar-refractivity contribution is 0.669. The van der Waals surface area contributed by atoms with Gasteiger partial charge in [0.2, 0.25) is 0 Å². The lowest BCUT2D eigenvalue weighted by Crippen LogP contribution is -2.01. The molecule has 0 aliphatic rings. The van der Waals surface area contributed by atoms with Crippen molar-refractivity contribution >= 4 is 86.6 Å². The predicted molar refractivity (Wildman–Crippen MR) is 279 cm³/mol. The summed E-state index contributed by atoms with van der Waals surface area (Å²) in [4.78, 5) is 15.8. The molecule has 0 unspecified atom stereocenters. The van der Waals surface area contributed by atoms with Gasteiger partial charge >= 0.3 is 0 Å². The number of rotatable bonds is 5. The first-order valence-corrected chi connectivity index (χ1v) is 22.7. The smallest absolute Gasteiger partial charge is 0.164 e. The Morgan fingerprint density at radius 1 is 0.239 bits per heavy atom. The van der Waals surface area contributed by atoms with Crippen LogP contribution >= 0.6 is 0 Å². The van der Waals surface area contributed by atoms with Crippen molar-refractivity contribution < 1.29 is 4.42 Å². The van der Waals surface area contributed by atoms with Crippen LogP contribution in [0.15, 0.2) is 229 Å². The van der Waals surface area contributed by atoms with Crippen LogP contribution in [-0.2, 0) is 0 Å². The van der Waals surface area contributed by atoms with Crippen molar-refractivity contribution in [1.82, 2.24) is 15.0 Å². The molecule has 0 bridgehead atoms. The Bertz CT molecular complexity index is 4360. The van der Waals surface area contributed by atoms with Gasteiger partial charge in [-0.15, -0.1) is 0 Å². The van der Waals surface area contributed by atoms with E-state index < -0.39 is 0 Å². The zero-order valence-electron chi connectivity index (χ0n) is 36.1. The molecule has 2 heterocycles. The van der Waals surface area contributed by atoms with E-state index in [0.29, 0.717) is 17.5 Å². The zero-order valence-corrected chi connectivity index (χ0v) is 36.1. The number of furan rings is 1. The third kappa shape index (κ3) is 6.19. The van der Waals surface area contributed by atoms with Crippen LogP contribution in [0.1, 0.15) is 0 Å². The van der Waals surface area contributed by atoms with E-state index >= 15 is 0 Å². The van der Waals surface area contributed by atoms with Crippen LogP contribution in [0, 0.1) is 0 Å². The summed E-state index contributed by atoms with van der Waals surface area (Å²) in [5.74, 6) is 1.89. The van der Waals surface area contributed by atoms with E-state index in [1.54, 1.807) is 0 Å². The van der Waals surface area contributed by atoms with E-state index in [0.717, 1.165) is 82.3 Å². The molecule has 14 rings (SSSR count). The second kappa shape index (κ2) is 14.8. The van der Waals surface area contributed by atoms with Crippen molar-refractivity contribution in [1.29, 1.82) is 0 Å². The van der Waals surface area contributed by atoms with Crippen LogP contribution in [-0.4, -0.2) is 15.0 Å². The minimum atomic E-state index is 0.620. The lowest BCUT2D eigenvalue weighted by Gasteiger charge is -2.13. The Labute approximate surface area is 385 Å². The molecule has 0 atom stereocenters. The van der Waals surface area contributed by atoms with Crippen LogP contribution in [0.5, 0.6) is 0 Å². The number of aromatic nitrogens is 3. The van der Waals surface area contributed by atoms with Gasteiger partial charge in [-0.25, -0.2) is 15.0 Å². The number of nitrogens with zero attached hydrogens (tertiary/aromatic N) is 3. The van der Waals surface area contributed by atoms with Crippen molar-refractivity contribution in [2.75, 3.05) is 0 Å². The molecule has 0 fully saturated rings. The lowest BCUT2D eigenvalue weighted by atomic mass is 9.94. The summed E-state index contributed by atoms with van der Waals surface area (Å²) in [6, 6.07) is 80.2. The molecule has 0 aliphatic heterocycles. The van der Waals surface area contributed by atoms with E-state index in [1.807, 2.05) is 0 Å². The third-order valence-corrected chi connectivity index (χ3v) is 13.6. The molecule has 0 saturated heterocycles. The van der Waals surface area contributed by atoms with Crippen molar-refractivity contribution in [3.05, 3.63) is 224 Å². The van der Waals surface area contributed by atoms with E-state index in [-0.39, 0.29) is 0 Å². The highest BCUT2D eigenvalue weighted by molar-refractivity contribution is 6.15. The van der Waals surface area contributed by atoms with Crippen molar-refractivity contribution in [3.63, 3.8) is 0 Å². The zero-order chi connectivity index (χ0) is 44.0. The minimum absolute atomic E-state index is 0.620. The van der Waals surface area contributed by atoms with Gasteiger partial charge in [0.25, 0.3) is 0 Å². The largest absolute Gasteiger partial charge is 0.456 e. The minimum Gasteiger partial charge on any atom is -0.456 e. The molecule has 0 spiro atoms. The second-order valence-corrected chi connectivity index (χ2v) is 17.6. The summed E-state index contributed by atoms with van der Waals surface area (Å²) in [7, 11) is 0. The van der Waals surface area contributed by atoms with Crippen LogP contribution in [0.3, 0.4) is 0 Å². The van der Waals surface area contributed by atoms with Gasteiger partial charge in [-0.2, -0.15) is 0 Å². The third-order valence-electron chi connectivity index (χ3n) is 13.6. The SMILES string of the molecule is c1ccc2cc(-c3nc(-c4ccc5ccc(-c6cccc7oc8ccc(-c9ccc%10c(ccc%11ccccc%11%10)c9)cc8c67)cc5c4)nc(-c4cc5ccccc5c5ccccc45)n3)ccc2c1. The molecular formula is C63H37N3O. The van der Waals surface area contributed by atoms with Crippen molar-refractivity contribution in [2.45, 2.75) is 0 Å². The Morgan fingerprint density at radius 3 is 1.55 bits per heavy atom. The molecule has 0 radical (unpaired) electrons. The second-order valence-electron chi connectivity index (χ2n) is 17.6. The highest BCUT2D eigenvalue weighted by Gasteiger charge is 2.18. The predicted octanol–water partition coefficient (Wildman–Crippen LogP) is 17.0. The molecule has 67 heavy (non-hydrogen) atoms. The maximum atomic E-state index is 6.54. The normalized spacial score (nSPS) is 11.9. The molecule has 4 heteroatoms. The van der Waals surface area contributed by atoms with E-state index in [1.165, 1.54) is 43.3 Å². The molecule has 2 aromatic heterocycles. The molecule has 0 saturated carbocycles. The van der Waals surface area contributed by atoms with Crippen molar-refractivity contribution in [2.24, 2.45) is 0 Å². The molecule has 310 valence electrons. The van der Waals surface area contributed by atoms with Crippen LogP contribution in [0.4, 0.5) is 0 Å². The highest BCUT2D eigenvalue weighted by Crippen LogP contribution is 2.41. The summed E-state index contributed by atoms with van der Waals surface area (Å²) < 4.78 is 6.54. The Morgan fingerprint density at radius 2 is 0.746 bits per heavy atom. The number of hydrogen-bond acceptors (Lipinski definition) is 4. The first kappa shape index (κ1) is 37.4. The van der Waals surface area contributed by atoms with Gasteiger partial charge in [-0.1, -0.05) is 176 Å². The maximum absolute atomic E-state index is 6.54. The molecular weight excluding hydrogens is 815 g/mol. The van der Waals surface area contributed by atoms with Gasteiger partial charge in [0, 0.05) is 27.5 Å². The van der Waals surface area contributed by atoms with Gasteiger partial charge in [-0.3, -0.25) is 0 Å². The number of fused-ring (bicyclic) bond motifs is 11. The number of benzene rings is 12. The molecule has 0 aliphatic carbocycles. The van der Waals surface area contributed by atoms with Gasteiger partial charge in [-0.05, 0) is 135 Å². The van der Waals surface area contributed by atoms with Crippen LogP contribution in [0.2, 0.25) is 0 Å². The molecule has 0 amide bonds. The van der Waals surface area contributed by atoms with E-state index in [9.17, 15) is 0 Å². The average molecular weight is 852 g/mol. The van der Waals surface area contributed by atoms with E-state index in [4.69, 9.17) is 19.4 Å². The fourth-order valence-electron chi connectivity index (χ4n) is 10.3. The number of hydrogen-bond donors (Lipinski definition) is 0. The van der Waals surface area contributed by atoms with E-state index in [2.05, 4.69) is 224 Å². The summed E-state index contributed by atoms with van der Waals surface area (Å²) in [6.07, 6.45) is 0. The summed E-state index contributed by atoms with van der Waals surface area (Å²) in [5.41, 5.74) is 9.12. The standard InChI is InChI=1S/C63H37N3O/c1-2-12-41-33-47(26-21-38(41)10-1)61-64-62(66-63(65-61)56-37-44-13-4-6-15-51(44)54-16-7-8-17-55(54)56)48-27-22-39-20-24-46(34-49(39)35-48)53-18-9-19-59-60(53)57-36-43(29-31-58(57)67-59)42-28-30-52-45(32-42)25-23-40-11-3-5-14-50(40)52/h1-37H. The Kier molecular flexibility index (Phi) is 8.25. The fraction of sp³-hybridized carbons (Fsp3) is 0. The van der Waals surface area contributed by atoms with Crippen LogP contribution < -0.4 is 0 Å². The van der Waals surface area contributed by atoms with Crippen molar-refractivity contribution in [3.8, 4) is 56.4 Å². The Hall–Kier alpha value is -8.99. The first-order chi connectivity index (χ1) is 33.1. The summed E-state index contributed by atoms with van der Waals surface area (Å²) in [6.45, 7) is 0. The van der Waals surface area contributed by atoms with Gasteiger partial charge in [0.05, 0.1) is 0 Å².